The van der Waals surface area contributed by atoms with Crippen molar-refractivity contribution in [3.63, 3.8) is 0 Å². The molecule has 0 amide bonds. The molecular formula is C16H19NO2S. The standard InChI is InChI=1S/C16H19NO2S/c1-12-4-5-13(2)14(10-12)11-17-15-6-8-16(9-7-15)20(3,18)19/h4-10,17H,11H2,1-3H3. The van der Waals surface area contributed by atoms with Gasteiger partial charge in [-0.25, -0.2) is 8.42 Å². The molecule has 2 aromatic rings. The lowest BCUT2D eigenvalue weighted by atomic mass is 10.1. The van der Waals surface area contributed by atoms with Crippen LogP contribution < -0.4 is 5.32 Å². The van der Waals surface area contributed by atoms with E-state index in [0.29, 0.717) is 4.90 Å². The minimum absolute atomic E-state index is 0.342. The van der Waals surface area contributed by atoms with Gasteiger partial charge in [0.05, 0.1) is 4.90 Å². The molecule has 0 spiro atoms. The SMILES string of the molecule is Cc1ccc(C)c(CNc2ccc(S(C)(=O)=O)cc2)c1. The van der Waals surface area contributed by atoms with Crippen LogP contribution in [0.1, 0.15) is 16.7 Å². The number of benzene rings is 2. The van der Waals surface area contributed by atoms with Crippen LogP contribution in [0.4, 0.5) is 5.69 Å². The van der Waals surface area contributed by atoms with Crippen molar-refractivity contribution in [1.82, 2.24) is 0 Å². The lowest BCUT2D eigenvalue weighted by Gasteiger charge is -2.10. The molecule has 0 bridgehead atoms. The minimum atomic E-state index is -3.13. The monoisotopic (exact) mass is 289 g/mol. The molecule has 2 rings (SSSR count). The Morgan fingerprint density at radius 3 is 2.25 bits per heavy atom. The first-order valence-corrected chi connectivity index (χ1v) is 8.35. The molecule has 0 unspecified atom stereocenters. The summed E-state index contributed by atoms with van der Waals surface area (Å²) in [6.45, 7) is 4.89. The number of hydrogen-bond acceptors (Lipinski definition) is 3. The van der Waals surface area contributed by atoms with Gasteiger partial charge in [-0.1, -0.05) is 23.8 Å². The van der Waals surface area contributed by atoms with E-state index in [4.69, 9.17) is 0 Å². The zero-order chi connectivity index (χ0) is 14.8. The van der Waals surface area contributed by atoms with Gasteiger partial charge < -0.3 is 5.32 Å². The van der Waals surface area contributed by atoms with E-state index in [0.717, 1.165) is 12.2 Å². The second-order valence-corrected chi connectivity index (χ2v) is 7.10. The average Bonchev–Trinajstić information content (AvgIpc) is 2.39. The van der Waals surface area contributed by atoms with E-state index in [2.05, 4.69) is 37.4 Å². The van der Waals surface area contributed by atoms with Crippen molar-refractivity contribution in [2.75, 3.05) is 11.6 Å². The van der Waals surface area contributed by atoms with Crippen LogP contribution in [0.25, 0.3) is 0 Å². The molecular weight excluding hydrogens is 270 g/mol. The van der Waals surface area contributed by atoms with Crippen LogP contribution in [0.5, 0.6) is 0 Å². The Morgan fingerprint density at radius 2 is 1.65 bits per heavy atom. The number of anilines is 1. The molecule has 0 aromatic heterocycles. The molecule has 0 aliphatic rings. The minimum Gasteiger partial charge on any atom is -0.381 e. The molecule has 0 atom stereocenters. The molecule has 0 aliphatic heterocycles. The average molecular weight is 289 g/mol. The lowest BCUT2D eigenvalue weighted by Crippen LogP contribution is -2.02. The number of rotatable bonds is 4. The van der Waals surface area contributed by atoms with E-state index in [-0.39, 0.29) is 0 Å². The summed E-state index contributed by atoms with van der Waals surface area (Å²) in [6.07, 6.45) is 1.21. The fourth-order valence-corrected chi connectivity index (χ4v) is 2.64. The molecule has 1 N–H and O–H groups in total. The predicted octanol–water partition coefficient (Wildman–Crippen LogP) is 3.32. The molecule has 0 aliphatic carbocycles. The third-order valence-electron chi connectivity index (χ3n) is 3.27. The van der Waals surface area contributed by atoms with E-state index in [1.165, 1.54) is 22.9 Å². The van der Waals surface area contributed by atoms with E-state index in [1.807, 2.05) is 0 Å². The molecule has 2 aromatic carbocycles. The van der Waals surface area contributed by atoms with Crippen LogP contribution in [-0.4, -0.2) is 14.7 Å². The van der Waals surface area contributed by atoms with Gasteiger partial charge in [0.25, 0.3) is 0 Å². The van der Waals surface area contributed by atoms with Crippen molar-refractivity contribution < 1.29 is 8.42 Å². The van der Waals surface area contributed by atoms with E-state index < -0.39 is 9.84 Å². The first kappa shape index (κ1) is 14.6. The number of aryl methyl sites for hydroxylation is 2. The van der Waals surface area contributed by atoms with Gasteiger partial charge >= 0.3 is 0 Å². The van der Waals surface area contributed by atoms with Crippen LogP contribution in [0.2, 0.25) is 0 Å². The van der Waals surface area contributed by atoms with E-state index in [1.54, 1.807) is 24.3 Å². The molecule has 106 valence electrons. The fraction of sp³-hybridized carbons (Fsp3) is 0.250. The maximum Gasteiger partial charge on any atom is 0.175 e. The zero-order valence-electron chi connectivity index (χ0n) is 12.0. The Balaban J connectivity index is 2.10. The number of hydrogen-bond donors (Lipinski definition) is 1. The van der Waals surface area contributed by atoms with Crippen LogP contribution >= 0.6 is 0 Å². The van der Waals surface area contributed by atoms with Crippen molar-refractivity contribution >= 4 is 15.5 Å². The molecule has 20 heavy (non-hydrogen) atoms. The summed E-state index contributed by atoms with van der Waals surface area (Å²) >= 11 is 0. The smallest absolute Gasteiger partial charge is 0.175 e. The summed E-state index contributed by atoms with van der Waals surface area (Å²) in [5.41, 5.74) is 4.64. The largest absolute Gasteiger partial charge is 0.381 e. The van der Waals surface area contributed by atoms with E-state index in [9.17, 15) is 8.42 Å². The normalized spacial score (nSPS) is 11.3. The van der Waals surface area contributed by atoms with Crippen molar-refractivity contribution in [2.24, 2.45) is 0 Å². The Bertz CT molecular complexity index is 704. The van der Waals surface area contributed by atoms with Gasteiger partial charge in [-0.3, -0.25) is 0 Å². The molecule has 0 heterocycles. The molecule has 0 saturated heterocycles. The third kappa shape index (κ3) is 3.61. The fourth-order valence-electron chi connectivity index (χ4n) is 2.01. The highest BCUT2D eigenvalue weighted by Gasteiger charge is 2.06. The molecule has 0 fully saturated rings. The van der Waals surface area contributed by atoms with E-state index >= 15 is 0 Å². The van der Waals surface area contributed by atoms with Gasteiger partial charge in [0, 0.05) is 18.5 Å². The van der Waals surface area contributed by atoms with Crippen LogP contribution in [-0.2, 0) is 16.4 Å². The van der Waals surface area contributed by atoms with Gasteiger partial charge in [-0.2, -0.15) is 0 Å². The van der Waals surface area contributed by atoms with Crippen LogP contribution in [0, 0.1) is 13.8 Å². The maximum absolute atomic E-state index is 11.4. The maximum atomic E-state index is 11.4. The summed E-state index contributed by atoms with van der Waals surface area (Å²) in [6, 6.07) is 13.2. The summed E-state index contributed by atoms with van der Waals surface area (Å²) < 4.78 is 22.8. The summed E-state index contributed by atoms with van der Waals surface area (Å²) in [5.74, 6) is 0. The van der Waals surface area contributed by atoms with Gasteiger partial charge in [0.1, 0.15) is 0 Å². The van der Waals surface area contributed by atoms with Gasteiger partial charge in [-0.15, -0.1) is 0 Å². The zero-order valence-corrected chi connectivity index (χ0v) is 12.8. The highest BCUT2D eigenvalue weighted by molar-refractivity contribution is 7.90. The van der Waals surface area contributed by atoms with Gasteiger partial charge in [-0.05, 0) is 49.2 Å². The number of sulfone groups is 1. The number of nitrogens with one attached hydrogen (secondary N) is 1. The van der Waals surface area contributed by atoms with Gasteiger partial charge in [0.15, 0.2) is 9.84 Å². The predicted molar refractivity (Wildman–Crippen MR) is 82.8 cm³/mol. The second kappa shape index (κ2) is 5.67. The Morgan fingerprint density at radius 1 is 1.00 bits per heavy atom. The lowest BCUT2D eigenvalue weighted by molar-refractivity contribution is 0.602. The summed E-state index contributed by atoms with van der Waals surface area (Å²) in [7, 11) is -3.13. The Labute approximate surface area is 120 Å². The van der Waals surface area contributed by atoms with Crippen molar-refractivity contribution in [3.05, 3.63) is 59.2 Å². The van der Waals surface area contributed by atoms with Crippen molar-refractivity contribution in [3.8, 4) is 0 Å². The van der Waals surface area contributed by atoms with Gasteiger partial charge in [0.2, 0.25) is 0 Å². The molecule has 4 heteroatoms. The second-order valence-electron chi connectivity index (χ2n) is 5.08. The van der Waals surface area contributed by atoms with Crippen LogP contribution in [0.15, 0.2) is 47.4 Å². The Kier molecular flexibility index (Phi) is 4.14. The molecule has 3 nitrogen and oxygen atoms in total. The highest BCUT2D eigenvalue weighted by atomic mass is 32.2. The summed E-state index contributed by atoms with van der Waals surface area (Å²) in [5, 5.41) is 3.31. The first-order chi connectivity index (χ1) is 9.36. The van der Waals surface area contributed by atoms with Crippen molar-refractivity contribution in [1.29, 1.82) is 0 Å². The molecule has 0 saturated carbocycles. The topological polar surface area (TPSA) is 46.2 Å². The quantitative estimate of drug-likeness (QED) is 0.939. The van der Waals surface area contributed by atoms with Crippen molar-refractivity contribution in [2.45, 2.75) is 25.3 Å². The Hall–Kier alpha value is -1.81. The van der Waals surface area contributed by atoms with Crippen LogP contribution in [0.3, 0.4) is 0 Å². The third-order valence-corrected chi connectivity index (χ3v) is 4.40. The first-order valence-electron chi connectivity index (χ1n) is 6.46. The molecule has 0 radical (unpaired) electrons. The summed E-state index contributed by atoms with van der Waals surface area (Å²) in [4.78, 5) is 0.342. The highest BCUT2D eigenvalue weighted by Crippen LogP contribution is 2.16.